The van der Waals surface area contributed by atoms with Crippen LogP contribution >= 0.6 is 0 Å². The van der Waals surface area contributed by atoms with Crippen molar-refractivity contribution in [1.82, 2.24) is 15.1 Å². The summed E-state index contributed by atoms with van der Waals surface area (Å²) in [6.07, 6.45) is 1.08. The molecule has 3 rings (SSSR count). The predicted molar refractivity (Wildman–Crippen MR) is 92.8 cm³/mol. The number of esters is 1. The van der Waals surface area contributed by atoms with Crippen molar-refractivity contribution < 1.29 is 19.1 Å². The maximum absolute atomic E-state index is 12.1. The van der Waals surface area contributed by atoms with Gasteiger partial charge in [0.25, 0.3) is 5.91 Å². The van der Waals surface area contributed by atoms with Crippen LogP contribution in [0.2, 0.25) is 0 Å². The maximum Gasteiger partial charge on any atom is 0.356 e. The van der Waals surface area contributed by atoms with Crippen LogP contribution in [0.25, 0.3) is 11.3 Å². The molecule has 26 heavy (non-hydrogen) atoms. The third kappa shape index (κ3) is 4.08. The smallest absolute Gasteiger partial charge is 0.356 e. The number of nitrogens with two attached hydrogens (primary N) is 1. The Morgan fingerprint density at radius 1 is 1.19 bits per heavy atom. The van der Waals surface area contributed by atoms with Crippen LogP contribution in [-0.4, -0.2) is 52.6 Å². The molecule has 0 unspecified atom stereocenters. The van der Waals surface area contributed by atoms with Crippen molar-refractivity contribution in [2.24, 2.45) is 11.7 Å². The highest BCUT2D eigenvalue weighted by molar-refractivity contribution is 5.90. The summed E-state index contributed by atoms with van der Waals surface area (Å²) in [5.41, 5.74) is 6.95. The van der Waals surface area contributed by atoms with Crippen LogP contribution in [-0.2, 0) is 14.3 Å². The van der Waals surface area contributed by atoms with Crippen LogP contribution in [0.1, 0.15) is 23.3 Å². The quantitative estimate of drug-likeness (QED) is 0.774. The van der Waals surface area contributed by atoms with Gasteiger partial charge in [-0.1, -0.05) is 30.3 Å². The zero-order chi connectivity index (χ0) is 18.5. The molecule has 0 atom stereocenters. The molecule has 1 saturated heterocycles. The van der Waals surface area contributed by atoms with E-state index in [1.54, 1.807) is 11.0 Å². The van der Waals surface area contributed by atoms with Gasteiger partial charge in [0.15, 0.2) is 6.61 Å². The number of primary amides is 1. The van der Waals surface area contributed by atoms with Crippen LogP contribution < -0.4 is 5.73 Å². The number of piperidine rings is 1. The predicted octanol–water partition coefficient (Wildman–Crippen LogP) is 0.957. The van der Waals surface area contributed by atoms with E-state index in [-0.39, 0.29) is 30.0 Å². The Morgan fingerprint density at radius 3 is 2.54 bits per heavy atom. The van der Waals surface area contributed by atoms with E-state index >= 15 is 0 Å². The first kappa shape index (κ1) is 17.7. The Morgan fingerprint density at radius 2 is 1.88 bits per heavy atom. The topological polar surface area (TPSA) is 118 Å². The molecule has 3 N–H and O–H groups in total. The molecule has 8 heteroatoms. The Balaban J connectivity index is 1.51. The number of H-pyrrole nitrogens is 1. The molecule has 136 valence electrons. The number of hydrogen-bond acceptors (Lipinski definition) is 5. The number of amides is 2. The fourth-order valence-corrected chi connectivity index (χ4v) is 2.89. The first-order valence-electron chi connectivity index (χ1n) is 8.39. The summed E-state index contributed by atoms with van der Waals surface area (Å²) in [5, 5.41) is 6.71. The number of nitrogens with one attached hydrogen (secondary N) is 1. The second kappa shape index (κ2) is 7.81. The van der Waals surface area contributed by atoms with Gasteiger partial charge in [0.2, 0.25) is 5.91 Å². The lowest BCUT2D eigenvalue weighted by atomic mass is 9.96. The zero-order valence-electron chi connectivity index (χ0n) is 14.2. The fourth-order valence-electron chi connectivity index (χ4n) is 2.89. The first-order chi connectivity index (χ1) is 12.5. The minimum absolute atomic E-state index is 0.184. The van der Waals surface area contributed by atoms with Gasteiger partial charge in [-0.25, -0.2) is 4.79 Å². The van der Waals surface area contributed by atoms with E-state index in [1.165, 1.54) is 0 Å². The molecule has 1 aliphatic heterocycles. The van der Waals surface area contributed by atoms with Gasteiger partial charge in [0.1, 0.15) is 5.69 Å². The average molecular weight is 356 g/mol. The van der Waals surface area contributed by atoms with E-state index in [0.717, 1.165) is 5.56 Å². The van der Waals surface area contributed by atoms with Gasteiger partial charge in [-0.3, -0.25) is 14.7 Å². The van der Waals surface area contributed by atoms with E-state index < -0.39 is 5.97 Å². The molecule has 0 bridgehead atoms. The number of aromatic amines is 1. The van der Waals surface area contributed by atoms with Crippen LogP contribution in [0.15, 0.2) is 36.4 Å². The molecule has 2 heterocycles. The number of rotatable bonds is 5. The first-order valence-corrected chi connectivity index (χ1v) is 8.39. The number of carbonyl (C=O) groups excluding carboxylic acids is 3. The summed E-state index contributed by atoms with van der Waals surface area (Å²) in [6, 6.07) is 11.0. The number of hydrogen-bond donors (Lipinski definition) is 2. The number of ether oxygens (including phenoxy) is 1. The lowest BCUT2D eigenvalue weighted by Gasteiger charge is -2.30. The summed E-state index contributed by atoms with van der Waals surface area (Å²) < 4.78 is 5.07. The Kier molecular flexibility index (Phi) is 5.31. The van der Waals surface area contributed by atoms with Crippen molar-refractivity contribution in [3.05, 3.63) is 42.1 Å². The van der Waals surface area contributed by atoms with E-state index in [4.69, 9.17) is 10.5 Å². The molecule has 1 aliphatic rings. The van der Waals surface area contributed by atoms with Crippen molar-refractivity contribution in [2.45, 2.75) is 12.8 Å². The molecule has 2 aromatic rings. The Bertz CT molecular complexity index is 795. The number of nitrogens with zero attached hydrogens (tertiary/aromatic N) is 2. The molecule has 0 radical (unpaired) electrons. The van der Waals surface area contributed by atoms with Crippen LogP contribution in [0.4, 0.5) is 0 Å². The SMILES string of the molecule is NC(=O)C1CCN(C(=O)COC(=O)c2cc(-c3ccccc3)n[nH]2)CC1. The van der Waals surface area contributed by atoms with Crippen molar-refractivity contribution in [1.29, 1.82) is 0 Å². The molecular weight excluding hydrogens is 336 g/mol. The molecule has 0 spiro atoms. The van der Waals surface area contributed by atoms with Gasteiger partial charge in [0, 0.05) is 24.6 Å². The van der Waals surface area contributed by atoms with E-state index in [0.29, 0.717) is 31.6 Å². The molecule has 1 fully saturated rings. The summed E-state index contributed by atoms with van der Waals surface area (Å²) in [7, 11) is 0. The number of likely N-dealkylation sites (tertiary alicyclic amines) is 1. The van der Waals surface area contributed by atoms with Crippen molar-refractivity contribution in [3.8, 4) is 11.3 Å². The van der Waals surface area contributed by atoms with Gasteiger partial charge in [0.05, 0.1) is 5.69 Å². The van der Waals surface area contributed by atoms with Crippen molar-refractivity contribution in [2.75, 3.05) is 19.7 Å². The maximum atomic E-state index is 12.1. The standard InChI is InChI=1S/C18H20N4O4/c19-17(24)13-6-8-22(9-7-13)16(23)11-26-18(25)15-10-14(20-21-15)12-4-2-1-3-5-12/h1-5,10,13H,6-9,11H2,(H2,19,24)(H,20,21). The molecule has 0 aliphatic carbocycles. The number of aromatic nitrogens is 2. The summed E-state index contributed by atoms with van der Waals surface area (Å²) in [5.74, 6) is -1.45. The Labute approximate surface area is 150 Å². The second-order valence-corrected chi connectivity index (χ2v) is 6.17. The fraction of sp³-hybridized carbons (Fsp3) is 0.333. The molecule has 2 amide bonds. The molecule has 0 saturated carbocycles. The van der Waals surface area contributed by atoms with Crippen molar-refractivity contribution in [3.63, 3.8) is 0 Å². The van der Waals surface area contributed by atoms with Crippen molar-refractivity contribution >= 4 is 17.8 Å². The molecule has 1 aromatic heterocycles. The van der Waals surface area contributed by atoms with Gasteiger partial charge in [-0.2, -0.15) is 5.10 Å². The van der Waals surface area contributed by atoms with Gasteiger partial charge < -0.3 is 15.4 Å². The number of benzene rings is 1. The lowest BCUT2D eigenvalue weighted by molar-refractivity contribution is -0.137. The highest BCUT2D eigenvalue weighted by Gasteiger charge is 2.26. The van der Waals surface area contributed by atoms with Gasteiger partial charge >= 0.3 is 5.97 Å². The molecule has 1 aromatic carbocycles. The van der Waals surface area contributed by atoms with E-state index in [9.17, 15) is 14.4 Å². The monoisotopic (exact) mass is 356 g/mol. The van der Waals surface area contributed by atoms with Crippen LogP contribution in [0, 0.1) is 5.92 Å². The summed E-state index contributed by atoms with van der Waals surface area (Å²) >= 11 is 0. The van der Waals surface area contributed by atoms with Gasteiger partial charge in [-0.05, 0) is 18.9 Å². The molecular formula is C18H20N4O4. The summed E-state index contributed by atoms with van der Waals surface area (Å²) in [6.45, 7) is 0.526. The number of carbonyl (C=O) groups is 3. The third-order valence-corrected chi connectivity index (χ3v) is 4.44. The largest absolute Gasteiger partial charge is 0.451 e. The third-order valence-electron chi connectivity index (χ3n) is 4.44. The summed E-state index contributed by atoms with van der Waals surface area (Å²) in [4.78, 5) is 37.0. The van der Waals surface area contributed by atoms with E-state index in [1.807, 2.05) is 30.3 Å². The van der Waals surface area contributed by atoms with Crippen LogP contribution in [0.3, 0.4) is 0 Å². The highest BCUT2D eigenvalue weighted by atomic mass is 16.5. The average Bonchev–Trinajstić information content (AvgIpc) is 3.17. The minimum atomic E-state index is -0.639. The van der Waals surface area contributed by atoms with E-state index in [2.05, 4.69) is 10.2 Å². The van der Waals surface area contributed by atoms with Gasteiger partial charge in [-0.15, -0.1) is 0 Å². The lowest BCUT2D eigenvalue weighted by Crippen LogP contribution is -2.43. The molecule has 8 nitrogen and oxygen atoms in total. The second-order valence-electron chi connectivity index (χ2n) is 6.17. The normalized spacial score (nSPS) is 14.8. The zero-order valence-corrected chi connectivity index (χ0v) is 14.2. The Hall–Kier alpha value is -3.16. The highest BCUT2D eigenvalue weighted by Crippen LogP contribution is 2.18. The minimum Gasteiger partial charge on any atom is -0.451 e. The van der Waals surface area contributed by atoms with Crippen LogP contribution in [0.5, 0.6) is 0 Å².